The number of hydrogen-bond acceptors (Lipinski definition) is 2. The van der Waals surface area contributed by atoms with E-state index in [0.717, 1.165) is 24.0 Å². The van der Waals surface area contributed by atoms with E-state index in [1.807, 2.05) is 24.8 Å². The molecule has 0 fully saturated rings. The Hall–Kier alpha value is -3.98. The third-order valence-corrected chi connectivity index (χ3v) is 7.16. The number of imidazole rings is 1. The maximum Gasteiger partial charge on any atom is 0.145 e. The third kappa shape index (κ3) is 1.94. The molecule has 0 aliphatic heterocycles. The topological polar surface area (TPSA) is 30.2 Å². The van der Waals surface area contributed by atoms with Crippen molar-refractivity contribution in [2.75, 3.05) is 0 Å². The lowest BCUT2D eigenvalue weighted by molar-refractivity contribution is 1.21. The van der Waals surface area contributed by atoms with Crippen molar-refractivity contribution in [3.8, 4) is 22.3 Å². The van der Waals surface area contributed by atoms with E-state index in [1.54, 1.807) is 0 Å². The van der Waals surface area contributed by atoms with Crippen LogP contribution in [-0.4, -0.2) is 14.4 Å². The summed E-state index contributed by atoms with van der Waals surface area (Å²) in [5, 5.41) is 3.69. The van der Waals surface area contributed by atoms with Crippen LogP contribution in [0.3, 0.4) is 0 Å². The van der Waals surface area contributed by atoms with E-state index in [-0.39, 0.29) is 0 Å². The van der Waals surface area contributed by atoms with E-state index in [9.17, 15) is 0 Å². The molecule has 0 radical (unpaired) electrons. The van der Waals surface area contributed by atoms with Crippen LogP contribution in [0.1, 0.15) is 22.3 Å². The van der Waals surface area contributed by atoms with Crippen molar-refractivity contribution in [2.24, 2.45) is 0 Å². The molecule has 0 spiro atoms. The summed E-state index contributed by atoms with van der Waals surface area (Å²) >= 11 is 0. The standard InChI is InChI=1S/C28H17N3/c1-2-4-20-16(3-1)9-17-10-18-11-19-12-26-25(14-24(19)23(18)13-22(17)20)21-5-6-29-15-27(21)31-8-7-30-28(26)31/h1-8,10,12-15H,9,11H2. The highest BCUT2D eigenvalue weighted by molar-refractivity contribution is 6.13. The van der Waals surface area contributed by atoms with Crippen molar-refractivity contribution >= 4 is 27.3 Å². The van der Waals surface area contributed by atoms with Crippen LogP contribution in [0.5, 0.6) is 0 Å². The Morgan fingerprint density at radius 1 is 0.645 bits per heavy atom. The SMILES string of the molecule is c1ccc2c(c1)Cc1cc3c(cc1-2)-c1cc2c4ccncc4n4ccnc4c2cc1C3. The minimum absolute atomic E-state index is 0.992. The van der Waals surface area contributed by atoms with Crippen LogP contribution >= 0.6 is 0 Å². The summed E-state index contributed by atoms with van der Waals surface area (Å²) < 4.78 is 2.16. The Labute approximate surface area is 178 Å². The molecule has 6 aromatic rings. The number of pyridine rings is 2. The predicted octanol–water partition coefficient (Wildman–Crippen LogP) is 6.18. The Morgan fingerprint density at radius 3 is 2.42 bits per heavy atom. The molecular weight excluding hydrogens is 378 g/mol. The van der Waals surface area contributed by atoms with Gasteiger partial charge in [-0.3, -0.25) is 9.38 Å². The number of fused-ring (bicyclic) bond motifs is 12. The largest absolute Gasteiger partial charge is 0.298 e. The zero-order chi connectivity index (χ0) is 20.1. The number of rotatable bonds is 0. The highest BCUT2D eigenvalue weighted by Crippen LogP contribution is 2.46. The van der Waals surface area contributed by atoms with E-state index < -0.39 is 0 Å². The normalized spacial score (nSPS) is 13.5. The van der Waals surface area contributed by atoms with E-state index in [1.165, 1.54) is 60.7 Å². The Bertz CT molecular complexity index is 1740. The fourth-order valence-corrected chi connectivity index (χ4v) is 5.79. The fourth-order valence-electron chi connectivity index (χ4n) is 5.79. The predicted molar refractivity (Wildman–Crippen MR) is 124 cm³/mol. The minimum atomic E-state index is 0.992. The first kappa shape index (κ1) is 15.8. The first-order chi connectivity index (χ1) is 15.3. The van der Waals surface area contributed by atoms with Gasteiger partial charge >= 0.3 is 0 Å². The van der Waals surface area contributed by atoms with Crippen LogP contribution in [0.15, 0.2) is 79.4 Å². The summed E-state index contributed by atoms with van der Waals surface area (Å²) in [5.74, 6) is 0. The van der Waals surface area contributed by atoms with Gasteiger partial charge in [0.05, 0.1) is 11.7 Å². The van der Waals surface area contributed by atoms with Crippen LogP contribution in [0, 0.1) is 0 Å². The van der Waals surface area contributed by atoms with Gasteiger partial charge in [-0.1, -0.05) is 30.3 Å². The molecule has 3 heteroatoms. The highest BCUT2D eigenvalue weighted by Gasteiger charge is 2.26. The molecule has 8 rings (SSSR count). The van der Waals surface area contributed by atoms with Gasteiger partial charge in [-0.05, 0) is 87.0 Å². The maximum atomic E-state index is 4.68. The molecule has 0 unspecified atom stereocenters. The Morgan fingerprint density at radius 2 is 1.45 bits per heavy atom. The average Bonchev–Trinajstić information content (AvgIpc) is 3.51. The van der Waals surface area contributed by atoms with Gasteiger partial charge in [0, 0.05) is 29.4 Å². The molecule has 0 bridgehead atoms. The summed E-state index contributed by atoms with van der Waals surface area (Å²) in [5.41, 5.74) is 13.4. The molecule has 2 aliphatic carbocycles. The van der Waals surface area contributed by atoms with Gasteiger partial charge in [-0.2, -0.15) is 0 Å². The van der Waals surface area contributed by atoms with Crippen LogP contribution in [0.4, 0.5) is 0 Å². The van der Waals surface area contributed by atoms with Crippen molar-refractivity contribution in [1.82, 2.24) is 14.4 Å². The fraction of sp³-hybridized carbons (Fsp3) is 0.0714. The van der Waals surface area contributed by atoms with E-state index >= 15 is 0 Å². The molecule has 144 valence electrons. The van der Waals surface area contributed by atoms with Crippen molar-refractivity contribution in [2.45, 2.75) is 12.8 Å². The van der Waals surface area contributed by atoms with Gasteiger partial charge < -0.3 is 0 Å². The summed E-state index contributed by atoms with van der Waals surface area (Å²) in [6.45, 7) is 0. The second-order valence-electron chi connectivity index (χ2n) is 8.75. The van der Waals surface area contributed by atoms with Crippen LogP contribution in [-0.2, 0) is 12.8 Å². The number of hydrogen-bond donors (Lipinski definition) is 0. The monoisotopic (exact) mass is 395 g/mol. The smallest absolute Gasteiger partial charge is 0.145 e. The number of benzene rings is 3. The molecule has 0 saturated heterocycles. The van der Waals surface area contributed by atoms with Crippen molar-refractivity contribution in [1.29, 1.82) is 0 Å². The summed E-state index contributed by atoms with van der Waals surface area (Å²) in [4.78, 5) is 9.05. The first-order valence-corrected chi connectivity index (χ1v) is 10.7. The van der Waals surface area contributed by atoms with Crippen LogP contribution in [0.25, 0.3) is 49.6 Å². The van der Waals surface area contributed by atoms with Crippen LogP contribution in [0.2, 0.25) is 0 Å². The molecule has 2 aliphatic rings. The molecule has 31 heavy (non-hydrogen) atoms. The lowest BCUT2D eigenvalue weighted by Crippen LogP contribution is -1.92. The summed E-state index contributed by atoms with van der Waals surface area (Å²) in [6, 6.07) is 20.6. The lowest BCUT2D eigenvalue weighted by Gasteiger charge is -2.11. The minimum Gasteiger partial charge on any atom is -0.298 e. The summed E-state index contributed by atoms with van der Waals surface area (Å²) in [6.07, 6.45) is 9.77. The molecule has 0 N–H and O–H groups in total. The van der Waals surface area contributed by atoms with E-state index in [2.05, 4.69) is 69.0 Å². The number of nitrogens with zero attached hydrogens (tertiary/aromatic N) is 3. The Balaban J connectivity index is 1.45. The number of aromatic nitrogens is 3. The van der Waals surface area contributed by atoms with E-state index in [4.69, 9.17) is 0 Å². The molecular formula is C28H17N3. The third-order valence-electron chi connectivity index (χ3n) is 7.16. The quantitative estimate of drug-likeness (QED) is 0.287. The van der Waals surface area contributed by atoms with Gasteiger partial charge in [0.15, 0.2) is 0 Å². The van der Waals surface area contributed by atoms with Gasteiger partial charge in [0.25, 0.3) is 0 Å². The second kappa shape index (κ2) is 5.38. The van der Waals surface area contributed by atoms with Crippen molar-refractivity contribution < 1.29 is 0 Å². The maximum absolute atomic E-state index is 4.68. The molecule has 3 heterocycles. The van der Waals surface area contributed by atoms with Gasteiger partial charge in [-0.25, -0.2) is 4.98 Å². The Kier molecular flexibility index (Phi) is 2.74. The highest BCUT2D eigenvalue weighted by atomic mass is 15.0. The summed E-state index contributed by atoms with van der Waals surface area (Å²) in [7, 11) is 0. The molecule has 0 amide bonds. The molecule has 0 saturated carbocycles. The molecule has 3 aromatic carbocycles. The molecule has 0 atom stereocenters. The van der Waals surface area contributed by atoms with Crippen molar-refractivity contribution in [3.63, 3.8) is 0 Å². The van der Waals surface area contributed by atoms with Gasteiger partial charge in [0.2, 0.25) is 0 Å². The second-order valence-corrected chi connectivity index (χ2v) is 8.75. The zero-order valence-electron chi connectivity index (χ0n) is 16.8. The lowest BCUT2D eigenvalue weighted by atomic mass is 9.96. The van der Waals surface area contributed by atoms with Crippen molar-refractivity contribution in [3.05, 3.63) is 102 Å². The molecule has 3 nitrogen and oxygen atoms in total. The average molecular weight is 395 g/mol. The zero-order valence-corrected chi connectivity index (χ0v) is 16.8. The molecule has 3 aromatic heterocycles. The van der Waals surface area contributed by atoms with Gasteiger partial charge in [-0.15, -0.1) is 0 Å². The van der Waals surface area contributed by atoms with Crippen LogP contribution < -0.4 is 0 Å². The van der Waals surface area contributed by atoms with E-state index in [0.29, 0.717) is 0 Å². The first-order valence-electron chi connectivity index (χ1n) is 10.7. The van der Waals surface area contributed by atoms with Gasteiger partial charge in [0.1, 0.15) is 5.65 Å².